The Morgan fingerprint density at radius 3 is 2.77 bits per heavy atom. The fourth-order valence-electron chi connectivity index (χ4n) is 5.71. The van der Waals surface area contributed by atoms with E-state index >= 15 is 0 Å². The molecule has 31 heavy (non-hydrogen) atoms. The van der Waals surface area contributed by atoms with E-state index < -0.39 is 0 Å². The first-order valence-electron chi connectivity index (χ1n) is 11.7. The third kappa shape index (κ3) is 4.12. The Bertz CT molecular complexity index is 915. The largest absolute Gasteiger partial charge is 0.467 e. The number of amides is 1. The lowest BCUT2D eigenvalue weighted by molar-refractivity contribution is 0.0816. The maximum atomic E-state index is 13.2. The molecule has 3 heterocycles. The van der Waals surface area contributed by atoms with Crippen LogP contribution < -0.4 is 10.2 Å². The number of nitrogens with one attached hydrogen (secondary N) is 1. The molecule has 166 valence electrons. The molecule has 1 amide bonds. The summed E-state index contributed by atoms with van der Waals surface area (Å²) in [5.74, 6) is 3.17. The van der Waals surface area contributed by atoms with Crippen LogP contribution >= 0.6 is 11.8 Å². The Kier molecular flexibility index (Phi) is 6.02. The van der Waals surface area contributed by atoms with E-state index in [2.05, 4.69) is 46.3 Å². The lowest BCUT2D eigenvalue weighted by Crippen LogP contribution is -2.56. The Morgan fingerprint density at radius 2 is 1.97 bits per heavy atom. The van der Waals surface area contributed by atoms with Gasteiger partial charge >= 0.3 is 0 Å². The lowest BCUT2D eigenvalue weighted by Gasteiger charge is -2.43. The van der Waals surface area contributed by atoms with Crippen LogP contribution in [0.3, 0.4) is 0 Å². The molecule has 1 aliphatic carbocycles. The van der Waals surface area contributed by atoms with E-state index in [-0.39, 0.29) is 11.4 Å². The van der Waals surface area contributed by atoms with Gasteiger partial charge in [-0.2, -0.15) is 11.8 Å². The van der Waals surface area contributed by atoms with Crippen molar-refractivity contribution >= 4 is 23.4 Å². The third-order valence-corrected chi connectivity index (χ3v) is 8.39. The first kappa shape index (κ1) is 21.0. The number of thioether (sulfide) groups is 1. The predicted octanol–water partition coefficient (Wildman–Crippen LogP) is 4.32. The van der Waals surface area contributed by atoms with Gasteiger partial charge < -0.3 is 14.6 Å². The van der Waals surface area contributed by atoms with Crippen LogP contribution in [0.25, 0.3) is 0 Å². The number of benzene rings is 1. The van der Waals surface area contributed by atoms with Gasteiger partial charge in [-0.3, -0.25) is 9.69 Å². The summed E-state index contributed by atoms with van der Waals surface area (Å²) in [5, 5.41) is 3.29. The molecule has 1 aromatic carbocycles. The Labute approximate surface area is 189 Å². The van der Waals surface area contributed by atoms with Crippen molar-refractivity contribution in [2.75, 3.05) is 36.0 Å². The zero-order valence-corrected chi connectivity index (χ0v) is 19.3. The molecule has 2 aliphatic heterocycles. The van der Waals surface area contributed by atoms with Crippen molar-refractivity contribution in [3.05, 3.63) is 53.5 Å². The molecule has 1 saturated carbocycles. The highest BCUT2D eigenvalue weighted by Crippen LogP contribution is 2.37. The van der Waals surface area contributed by atoms with Crippen molar-refractivity contribution in [1.29, 1.82) is 0 Å². The normalized spacial score (nSPS) is 23.1. The van der Waals surface area contributed by atoms with E-state index in [0.29, 0.717) is 18.2 Å². The van der Waals surface area contributed by atoms with Gasteiger partial charge in [0.1, 0.15) is 5.76 Å². The average Bonchev–Trinajstić information content (AvgIpc) is 3.53. The molecule has 6 heteroatoms. The quantitative estimate of drug-likeness (QED) is 0.726. The Balaban J connectivity index is 1.28. The van der Waals surface area contributed by atoms with Crippen molar-refractivity contribution in [3.8, 4) is 0 Å². The molecule has 1 aromatic heterocycles. The topological polar surface area (TPSA) is 48.7 Å². The molecule has 1 N–H and O–H groups in total. The van der Waals surface area contributed by atoms with Gasteiger partial charge in [-0.15, -0.1) is 0 Å². The van der Waals surface area contributed by atoms with Crippen molar-refractivity contribution in [3.63, 3.8) is 0 Å². The molecule has 2 fully saturated rings. The zero-order chi connectivity index (χ0) is 21.3. The summed E-state index contributed by atoms with van der Waals surface area (Å²) < 4.78 is 5.81. The van der Waals surface area contributed by atoms with Crippen LogP contribution in [-0.4, -0.2) is 53.5 Å². The molecular weight excluding hydrogens is 406 g/mol. The van der Waals surface area contributed by atoms with Crippen LogP contribution in [0.15, 0.2) is 41.0 Å². The van der Waals surface area contributed by atoms with Crippen LogP contribution in [-0.2, 0) is 13.0 Å². The minimum absolute atomic E-state index is 0.00143. The smallest absolute Gasteiger partial charge is 0.254 e. The van der Waals surface area contributed by atoms with Crippen LogP contribution in [0.2, 0.25) is 0 Å². The highest BCUT2D eigenvalue weighted by atomic mass is 32.2. The molecule has 1 saturated heterocycles. The summed E-state index contributed by atoms with van der Waals surface area (Å²) in [6.07, 6.45) is 7.61. The second-order valence-electron chi connectivity index (χ2n) is 9.28. The molecule has 5 rings (SSSR count). The van der Waals surface area contributed by atoms with Crippen molar-refractivity contribution < 1.29 is 9.21 Å². The second-order valence-corrected chi connectivity index (χ2v) is 10.5. The minimum atomic E-state index is 0.00143. The molecule has 2 aromatic rings. The number of nitrogens with zero attached hydrogens (tertiary/aromatic N) is 2. The minimum Gasteiger partial charge on any atom is -0.467 e. The number of hydrogen-bond acceptors (Lipinski definition) is 5. The van der Waals surface area contributed by atoms with Crippen molar-refractivity contribution in [1.82, 2.24) is 10.2 Å². The van der Waals surface area contributed by atoms with Gasteiger partial charge in [-0.05, 0) is 43.9 Å². The molecule has 3 aliphatic rings. The molecule has 0 spiro atoms. The van der Waals surface area contributed by atoms with Crippen LogP contribution in [0.5, 0.6) is 0 Å². The molecular formula is C25H33N3O2S. The summed E-state index contributed by atoms with van der Waals surface area (Å²) >= 11 is 2.04. The maximum absolute atomic E-state index is 13.2. The first-order valence-corrected chi connectivity index (χ1v) is 12.8. The van der Waals surface area contributed by atoms with Gasteiger partial charge in [0.15, 0.2) is 0 Å². The molecule has 1 atom stereocenters. The summed E-state index contributed by atoms with van der Waals surface area (Å²) in [5.41, 5.74) is 3.45. The van der Waals surface area contributed by atoms with Crippen LogP contribution in [0.4, 0.5) is 5.69 Å². The summed E-state index contributed by atoms with van der Waals surface area (Å²) in [7, 11) is 0. The van der Waals surface area contributed by atoms with E-state index in [1.807, 2.05) is 17.8 Å². The number of hydrogen-bond donors (Lipinski definition) is 1. The predicted molar refractivity (Wildman–Crippen MR) is 127 cm³/mol. The second kappa shape index (κ2) is 8.91. The number of furan rings is 1. The van der Waals surface area contributed by atoms with E-state index in [1.54, 1.807) is 6.26 Å². The number of carbonyl (C=O) groups is 1. The van der Waals surface area contributed by atoms with Crippen molar-refractivity contribution in [2.24, 2.45) is 0 Å². The number of carbonyl (C=O) groups excluding carboxylic acids is 1. The summed E-state index contributed by atoms with van der Waals surface area (Å²) in [6, 6.07) is 10.8. The highest BCUT2D eigenvalue weighted by molar-refractivity contribution is 7.99. The molecule has 5 nitrogen and oxygen atoms in total. The number of rotatable bonds is 6. The average molecular weight is 440 g/mol. The third-order valence-electron chi connectivity index (χ3n) is 7.45. The Hall–Kier alpha value is -1.92. The van der Waals surface area contributed by atoms with Crippen LogP contribution in [0.1, 0.15) is 54.3 Å². The molecule has 0 radical (unpaired) electrons. The van der Waals surface area contributed by atoms with Gasteiger partial charge in [0.2, 0.25) is 0 Å². The van der Waals surface area contributed by atoms with Gasteiger partial charge in [-0.1, -0.05) is 31.0 Å². The van der Waals surface area contributed by atoms with Gasteiger partial charge in [0.25, 0.3) is 5.91 Å². The number of fused-ring (bicyclic) bond motifs is 1. The summed E-state index contributed by atoms with van der Waals surface area (Å²) in [6.45, 7) is 5.89. The summed E-state index contributed by atoms with van der Waals surface area (Å²) in [4.78, 5) is 18.2. The Morgan fingerprint density at radius 1 is 1.19 bits per heavy atom. The van der Waals surface area contributed by atoms with E-state index in [9.17, 15) is 4.79 Å². The highest BCUT2D eigenvalue weighted by Gasteiger charge is 2.40. The van der Waals surface area contributed by atoms with E-state index in [1.165, 1.54) is 48.4 Å². The SMILES string of the molecule is CC1Cc2ccccc2N1Cc1occc1C(=O)NCC1(N2CCSCC2)CCCC1. The van der Waals surface area contributed by atoms with Gasteiger partial charge in [0.05, 0.1) is 18.4 Å². The van der Waals surface area contributed by atoms with Crippen LogP contribution in [0, 0.1) is 0 Å². The van der Waals surface area contributed by atoms with Crippen molar-refractivity contribution in [2.45, 2.75) is 57.2 Å². The number of anilines is 1. The van der Waals surface area contributed by atoms with E-state index in [0.717, 1.165) is 31.8 Å². The first-order chi connectivity index (χ1) is 15.2. The standard InChI is InChI=1S/C25H33N3O2S/c1-19-16-20-6-2-3-7-22(20)28(19)17-23-21(8-13-30-23)24(29)26-18-25(9-4-5-10-25)27-11-14-31-15-12-27/h2-3,6-8,13,19H,4-5,9-12,14-18H2,1H3,(H,26,29). The van der Waals surface area contributed by atoms with E-state index in [4.69, 9.17) is 4.42 Å². The number of para-hydroxylation sites is 1. The van der Waals surface area contributed by atoms with Gasteiger partial charge in [-0.25, -0.2) is 0 Å². The maximum Gasteiger partial charge on any atom is 0.254 e. The molecule has 0 bridgehead atoms. The monoisotopic (exact) mass is 439 g/mol. The lowest BCUT2D eigenvalue weighted by atomic mass is 9.94. The fourth-order valence-corrected chi connectivity index (χ4v) is 6.61. The fraction of sp³-hybridized carbons (Fsp3) is 0.560. The zero-order valence-electron chi connectivity index (χ0n) is 18.4. The van der Waals surface area contributed by atoms with Gasteiger partial charge in [0, 0.05) is 48.4 Å². The molecule has 1 unspecified atom stereocenters.